The molecule has 0 aliphatic heterocycles. The summed E-state index contributed by atoms with van der Waals surface area (Å²) in [5, 5.41) is 9.11. The van der Waals surface area contributed by atoms with Crippen molar-refractivity contribution in [3.05, 3.63) is 21.8 Å². The zero-order valence-electron chi connectivity index (χ0n) is 16.8. The summed E-state index contributed by atoms with van der Waals surface area (Å²) in [4.78, 5) is 12.5. The molecule has 0 fully saturated rings. The molecular formula is C21H37NO2Sn. The van der Waals surface area contributed by atoms with E-state index in [0.717, 1.165) is 0 Å². The molecule has 0 saturated heterocycles. The fourth-order valence-electron chi connectivity index (χ4n) is 3.22. The van der Waals surface area contributed by atoms with E-state index in [1.54, 1.807) is 0 Å². The zero-order chi connectivity index (χ0) is 19.1. The summed E-state index contributed by atoms with van der Waals surface area (Å²) in [7, 11) is 0. The van der Waals surface area contributed by atoms with E-state index in [0.29, 0.717) is 24.2 Å². The Morgan fingerprint density at radius 2 is 1.52 bits per heavy atom. The van der Waals surface area contributed by atoms with Crippen LogP contribution < -0.4 is 0 Å². The number of esters is 1. The summed E-state index contributed by atoms with van der Waals surface area (Å²) in [6.07, 6.45) is 7.68. The Hall–Kier alpha value is -0.761. The normalized spacial score (nSPS) is 11.9. The quantitative estimate of drug-likeness (QED) is 0.133. The number of nitriles is 1. The van der Waals surface area contributed by atoms with Crippen LogP contribution in [-0.4, -0.2) is 31.0 Å². The Kier molecular flexibility index (Phi) is 14.0. The van der Waals surface area contributed by atoms with Crippen molar-refractivity contribution in [3.63, 3.8) is 0 Å². The molecule has 25 heavy (non-hydrogen) atoms. The molecule has 0 aromatic heterocycles. The van der Waals surface area contributed by atoms with Crippen LogP contribution in [0.15, 0.2) is 21.8 Å². The van der Waals surface area contributed by atoms with Crippen LogP contribution in [0.25, 0.3) is 0 Å². The summed E-state index contributed by atoms with van der Waals surface area (Å²) < 4.78 is 11.5. The Balaban J connectivity index is 5.79. The first-order chi connectivity index (χ1) is 12.0. The van der Waals surface area contributed by atoms with Gasteiger partial charge in [-0.15, -0.1) is 0 Å². The van der Waals surface area contributed by atoms with E-state index in [4.69, 9.17) is 10.00 Å². The van der Waals surface area contributed by atoms with Crippen molar-refractivity contribution in [3.8, 4) is 6.07 Å². The van der Waals surface area contributed by atoms with Gasteiger partial charge in [-0.1, -0.05) is 0 Å². The van der Waals surface area contributed by atoms with Gasteiger partial charge in [0, 0.05) is 0 Å². The number of carbonyl (C=O) groups excluding carboxylic acids is 1. The number of ether oxygens (including phenoxy) is 1. The molecule has 0 aromatic carbocycles. The van der Waals surface area contributed by atoms with Crippen LogP contribution in [0.2, 0.25) is 13.3 Å². The second kappa shape index (κ2) is 14.4. The van der Waals surface area contributed by atoms with Crippen molar-refractivity contribution < 1.29 is 9.53 Å². The number of unbranched alkanes of at least 4 members (excludes halogenated alkanes) is 3. The molecule has 4 heteroatoms. The van der Waals surface area contributed by atoms with Gasteiger partial charge in [0.25, 0.3) is 0 Å². The monoisotopic (exact) mass is 455 g/mol. The number of rotatable bonds is 14. The second-order valence-electron chi connectivity index (χ2n) is 6.96. The van der Waals surface area contributed by atoms with E-state index < -0.39 is 18.4 Å². The molecule has 0 rings (SSSR count). The first-order valence-electron chi connectivity index (χ1n) is 9.95. The SMILES string of the molecule is C=C(C#N)C/C(=[CH]\[Sn]([CH2]CCC)([CH2]CCC)[CH2]CCC)C(=O)OCC. The number of hydrogen-bond donors (Lipinski definition) is 0. The maximum atomic E-state index is 12.5. The van der Waals surface area contributed by atoms with Crippen LogP contribution in [0.3, 0.4) is 0 Å². The molecule has 0 aliphatic rings. The van der Waals surface area contributed by atoms with Crippen molar-refractivity contribution >= 4 is 24.3 Å². The molecule has 0 bridgehead atoms. The molecule has 0 unspecified atom stereocenters. The van der Waals surface area contributed by atoms with Gasteiger partial charge < -0.3 is 0 Å². The Labute approximate surface area is 159 Å². The number of allylic oxidation sites excluding steroid dienone is 1. The van der Waals surface area contributed by atoms with Crippen LogP contribution in [0.4, 0.5) is 0 Å². The van der Waals surface area contributed by atoms with Crippen LogP contribution in [0, 0.1) is 11.3 Å². The number of nitrogens with zero attached hydrogens (tertiary/aromatic N) is 1. The molecule has 3 nitrogen and oxygen atoms in total. The van der Waals surface area contributed by atoms with E-state index in [1.807, 2.05) is 6.92 Å². The van der Waals surface area contributed by atoms with E-state index in [-0.39, 0.29) is 5.97 Å². The second-order valence-corrected chi connectivity index (χ2v) is 19.8. The fraction of sp³-hybridized carbons (Fsp3) is 0.714. The average molecular weight is 454 g/mol. The summed E-state index contributed by atoms with van der Waals surface area (Å²) in [5.74, 6) is -0.246. The number of hydrogen-bond acceptors (Lipinski definition) is 3. The van der Waals surface area contributed by atoms with E-state index in [9.17, 15) is 4.79 Å². The minimum atomic E-state index is -2.59. The van der Waals surface area contributed by atoms with E-state index >= 15 is 0 Å². The topological polar surface area (TPSA) is 50.1 Å². The van der Waals surface area contributed by atoms with Gasteiger partial charge in [0.1, 0.15) is 0 Å². The standard InChI is InChI=1S/C9H10NO2.3C4H9.Sn/c1-4-12-9(11)8(3)5-7(2)6-10;3*1-3-4-2;/h3H,2,4-5H2,1H3;3*1,3-4H2,2H3;. The number of carbonyl (C=O) groups is 1. The molecule has 0 aromatic rings. The van der Waals surface area contributed by atoms with Gasteiger partial charge in [0.05, 0.1) is 0 Å². The van der Waals surface area contributed by atoms with Gasteiger partial charge in [-0.2, -0.15) is 0 Å². The third kappa shape index (κ3) is 10.1. The first kappa shape index (κ1) is 24.2. The first-order valence-corrected chi connectivity index (χ1v) is 17.6. The molecule has 0 heterocycles. The van der Waals surface area contributed by atoms with E-state index in [1.165, 1.54) is 51.8 Å². The molecule has 142 valence electrons. The van der Waals surface area contributed by atoms with Crippen molar-refractivity contribution in [1.82, 2.24) is 0 Å². The van der Waals surface area contributed by atoms with Gasteiger partial charge in [0.2, 0.25) is 0 Å². The predicted octanol–water partition coefficient (Wildman–Crippen LogP) is 6.33. The molecular weight excluding hydrogens is 417 g/mol. The molecule has 0 spiro atoms. The van der Waals surface area contributed by atoms with Crippen LogP contribution in [0.5, 0.6) is 0 Å². The Morgan fingerprint density at radius 1 is 1.04 bits per heavy atom. The predicted molar refractivity (Wildman–Crippen MR) is 109 cm³/mol. The molecule has 0 amide bonds. The zero-order valence-corrected chi connectivity index (χ0v) is 19.7. The average Bonchev–Trinajstić information content (AvgIpc) is 2.62. The maximum absolute atomic E-state index is 12.5. The third-order valence-corrected chi connectivity index (χ3v) is 19.0. The summed E-state index contributed by atoms with van der Waals surface area (Å²) in [6.45, 7) is 12.7. The van der Waals surface area contributed by atoms with E-state index in [2.05, 4.69) is 37.5 Å². The van der Waals surface area contributed by atoms with Gasteiger partial charge in [0.15, 0.2) is 0 Å². The Bertz CT molecular complexity index is 455. The third-order valence-electron chi connectivity index (χ3n) is 4.66. The van der Waals surface area contributed by atoms with Gasteiger partial charge in [-0.3, -0.25) is 0 Å². The van der Waals surface area contributed by atoms with Crippen molar-refractivity contribution in [1.29, 1.82) is 5.26 Å². The molecule has 0 saturated carbocycles. The van der Waals surface area contributed by atoms with Crippen molar-refractivity contribution in [2.24, 2.45) is 0 Å². The molecule has 0 atom stereocenters. The van der Waals surface area contributed by atoms with Gasteiger partial charge in [-0.05, 0) is 0 Å². The fourth-order valence-corrected chi connectivity index (χ4v) is 18.4. The van der Waals surface area contributed by atoms with Crippen LogP contribution >= 0.6 is 0 Å². The van der Waals surface area contributed by atoms with Crippen molar-refractivity contribution in [2.45, 2.75) is 86.0 Å². The molecule has 0 radical (unpaired) electrons. The summed E-state index contributed by atoms with van der Waals surface area (Å²) in [5.41, 5.74) is 1.15. The van der Waals surface area contributed by atoms with Gasteiger partial charge >= 0.3 is 160 Å². The van der Waals surface area contributed by atoms with Gasteiger partial charge in [-0.25, -0.2) is 0 Å². The molecule has 0 N–H and O–H groups in total. The summed E-state index contributed by atoms with van der Waals surface area (Å²) >= 11 is -2.59. The van der Waals surface area contributed by atoms with Crippen molar-refractivity contribution in [2.75, 3.05) is 6.61 Å². The molecule has 0 aliphatic carbocycles. The minimum absolute atomic E-state index is 0.246. The van der Waals surface area contributed by atoms with Crippen LogP contribution in [-0.2, 0) is 9.53 Å². The Morgan fingerprint density at radius 3 is 1.88 bits per heavy atom. The van der Waals surface area contributed by atoms with Crippen LogP contribution in [0.1, 0.15) is 72.6 Å². The summed E-state index contributed by atoms with van der Waals surface area (Å²) in [6, 6.07) is 2.09.